The number of carboxylic acid groups (broad SMARTS) is 1. The van der Waals surface area contributed by atoms with Gasteiger partial charge in [-0.1, -0.05) is 69.2 Å². The van der Waals surface area contributed by atoms with E-state index in [1.54, 1.807) is 18.3 Å². The summed E-state index contributed by atoms with van der Waals surface area (Å²) in [7, 11) is 0. The van der Waals surface area contributed by atoms with Crippen LogP contribution in [0.3, 0.4) is 0 Å². The molecule has 0 aliphatic carbocycles. The molecule has 0 saturated carbocycles. The minimum absolute atomic E-state index is 0.315. The van der Waals surface area contributed by atoms with Gasteiger partial charge in [0.25, 0.3) is 0 Å². The largest absolute Gasteiger partial charge is 0.511 e. The predicted molar refractivity (Wildman–Crippen MR) is 137 cm³/mol. The van der Waals surface area contributed by atoms with Crippen molar-refractivity contribution in [2.45, 2.75) is 52.5 Å². The Bertz CT molecular complexity index is 1280. The number of nitrogens with one attached hydrogen (secondary N) is 1. The van der Waals surface area contributed by atoms with Gasteiger partial charge >= 0.3 is 6.16 Å². The molecule has 2 heterocycles. The molecule has 0 fully saturated rings. The quantitative estimate of drug-likeness (QED) is 0.153. The third-order valence-electron chi connectivity index (χ3n) is 5.82. The number of rotatable bonds is 11. The molecular weight excluding hydrogens is 442 g/mol. The number of aryl methyl sites for hydroxylation is 1. The van der Waals surface area contributed by atoms with Gasteiger partial charge in [-0.3, -0.25) is 0 Å². The first kappa shape index (κ1) is 24.2. The van der Waals surface area contributed by atoms with Crippen molar-refractivity contribution < 1.29 is 14.6 Å². The predicted octanol–water partition coefficient (Wildman–Crippen LogP) is 6.15. The van der Waals surface area contributed by atoms with Gasteiger partial charge in [-0.25, -0.2) is 14.8 Å². The maximum atomic E-state index is 11.0. The van der Waals surface area contributed by atoms with Crippen LogP contribution in [0.1, 0.15) is 50.9 Å². The monoisotopic (exact) mass is 473 g/mol. The molecule has 0 saturated heterocycles. The number of nitrogens with zero attached hydrogens (tertiary/aromatic N) is 4. The lowest BCUT2D eigenvalue weighted by Gasteiger charge is -2.11. The molecule has 0 aliphatic rings. The highest BCUT2D eigenvalue weighted by atomic mass is 16.7. The number of fused-ring (bicyclic) bond motifs is 1. The van der Waals surface area contributed by atoms with Crippen molar-refractivity contribution in [3.63, 3.8) is 0 Å². The second-order valence-corrected chi connectivity index (χ2v) is 8.46. The van der Waals surface area contributed by atoms with Crippen LogP contribution in [-0.4, -0.2) is 37.3 Å². The summed E-state index contributed by atoms with van der Waals surface area (Å²) in [6.45, 7) is 5.80. The highest BCUT2D eigenvalue weighted by Gasteiger charge is 2.15. The van der Waals surface area contributed by atoms with Crippen molar-refractivity contribution in [2.24, 2.45) is 0 Å². The summed E-state index contributed by atoms with van der Waals surface area (Å²) in [5.41, 5.74) is 4.34. The smallest absolute Gasteiger partial charge is 0.449 e. The van der Waals surface area contributed by atoms with Crippen LogP contribution in [0, 0.1) is 0 Å². The van der Waals surface area contributed by atoms with Crippen molar-refractivity contribution in [3.8, 4) is 16.9 Å². The number of aromatic nitrogens is 4. The van der Waals surface area contributed by atoms with Gasteiger partial charge in [0.2, 0.25) is 5.95 Å². The van der Waals surface area contributed by atoms with Gasteiger partial charge in [-0.2, -0.15) is 4.98 Å². The lowest BCUT2D eigenvalue weighted by Crippen LogP contribution is -2.08. The fourth-order valence-electron chi connectivity index (χ4n) is 3.98. The fraction of sp³-hybridized carbons (Fsp3) is 0.333. The highest BCUT2D eigenvalue weighted by Crippen LogP contribution is 2.30. The Balaban J connectivity index is 1.63. The number of benzene rings is 2. The lowest BCUT2D eigenvalue weighted by molar-refractivity contribution is 0.144. The number of hydrogen-bond donors (Lipinski definition) is 2. The summed E-state index contributed by atoms with van der Waals surface area (Å²) in [4.78, 5) is 25.1. The molecule has 0 radical (unpaired) electrons. The summed E-state index contributed by atoms with van der Waals surface area (Å²) < 4.78 is 7.12. The molecule has 0 aliphatic heterocycles. The number of unbranched alkanes of at least 4 members (excludes halogenated alkanes) is 2. The third-order valence-corrected chi connectivity index (χ3v) is 5.82. The molecule has 0 unspecified atom stereocenters. The molecule has 2 aromatic carbocycles. The zero-order chi connectivity index (χ0) is 24.6. The lowest BCUT2D eigenvalue weighted by atomic mass is 10.0. The first-order chi connectivity index (χ1) is 17.1. The molecule has 4 aromatic rings. The molecule has 0 bridgehead atoms. The first-order valence-corrected chi connectivity index (χ1v) is 12.1. The Morgan fingerprint density at radius 1 is 1.03 bits per heavy atom. The Kier molecular flexibility index (Phi) is 7.92. The number of carbonyl (C=O) groups is 1. The van der Waals surface area contributed by atoms with Crippen LogP contribution in [-0.2, 0) is 13.0 Å². The second-order valence-electron chi connectivity index (χ2n) is 8.46. The summed E-state index contributed by atoms with van der Waals surface area (Å²) in [5.74, 6) is 1.95. The van der Waals surface area contributed by atoms with E-state index >= 15 is 0 Å². The van der Waals surface area contributed by atoms with Crippen LogP contribution in [0.25, 0.3) is 22.3 Å². The van der Waals surface area contributed by atoms with Gasteiger partial charge in [-0.05, 0) is 30.0 Å². The van der Waals surface area contributed by atoms with Crippen LogP contribution in [0.5, 0.6) is 5.75 Å². The standard InChI is InChI=1S/C27H31N5O3/c1-3-5-11-24-30-22-17-29-26(28-16-6-4-2)31-25(22)32(24)18-19-12-14-20(15-13-19)21-9-7-8-10-23(21)35-27(33)34/h7-10,12-15,17H,3-6,11,16,18H2,1-2H3,(H,33,34)(H,28,29,31). The molecule has 2 aromatic heterocycles. The number of hydrogen-bond acceptors (Lipinski definition) is 6. The zero-order valence-corrected chi connectivity index (χ0v) is 20.2. The Morgan fingerprint density at radius 3 is 2.54 bits per heavy atom. The van der Waals surface area contributed by atoms with Crippen molar-refractivity contribution in [1.29, 1.82) is 0 Å². The second kappa shape index (κ2) is 11.5. The van der Waals surface area contributed by atoms with Crippen LogP contribution in [0.2, 0.25) is 0 Å². The summed E-state index contributed by atoms with van der Waals surface area (Å²) in [6.07, 6.45) is 5.66. The van der Waals surface area contributed by atoms with Crippen molar-refractivity contribution in [3.05, 3.63) is 66.1 Å². The van der Waals surface area contributed by atoms with E-state index in [1.165, 1.54) is 0 Å². The summed E-state index contributed by atoms with van der Waals surface area (Å²) >= 11 is 0. The average molecular weight is 474 g/mol. The molecule has 8 nitrogen and oxygen atoms in total. The molecule has 0 amide bonds. The molecule has 8 heteroatoms. The molecule has 0 spiro atoms. The molecule has 0 atom stereocenters. The maximum Gasteiger partial charge on any atom is 0.511 e. The van der Waals surface area contributed by atoms with E-state index in [9.17, 15) is 4.79 Å². The van der Waals surface area contributed by atoms with Crippen LogP contribution in [0.4, 0.5) is 10.7 Å². The Labute approximate surface area is 205 Å². The van der Waals surface area contributed by atoms with E-state index in [0.29, 0.717) is 18.2 Å². The van der Waals surface area contributed by atoms with E-state index in [2.05, 4.69) is 28.7 Å². The van der Waals surface area contributed by atoms with E-state index < -0.39 is 6.16 Å². The molecular formula is C27H31N5O3. The summed E-state index contributed by atoms with van der Waals surface area (Å²) in [5, 5.41) is 12.3. The minimum Gasteiger partial charge on any atom is -0.449 e. The third kappa shape index (κ3) is 5.95. The molecule has 2 N–H and O–H groups in total. The van der Waals surface area contributed by atoms with Crippen LogP contribution >= 0.6 is 0 Å². The van der Waals surface area contributed by atoms with E-state index in [-0.39, 0.29) is 0 Å². The van der Waals surface area contributed by atoms with Gasteiger partial charge in [0.05, 0.1) is 12.7 Å². The first-order valence-electron chi connectivity index (χ1n) is 12.1. The highest BCUT2D eigenvalue weighted by molar-refractivity contribution is 5.74. The van der Waals surface area contributed by atoms with Gasteiger partial charge in [0, 0.05) is 18.5 Å². The zero-order valence-electron chi connectivity index (χ0n) is 20.2. The topological polar surface area (TPSA) is 102 Å². The van der Waals surface area contributed by atoms with Crippen LogP contribution < -0.4 is 10.1 Å². The van der Waals surface area contributed by atoms with E-state index in [0.717, 1.165) is 72.3 Å². The van der Waals surface area contributed by atoms with Gasteiger partial charge in [0.15, 0.2) is 5.65 Å². The SMILES string of the molecule is CCCCNc1ncc2nc(CCCC)n(Cc3ccc(-c4ccccc4OC(=O)O)cc3)c2n1. The number of imidazole rings is 1. The minimum atomic E-state index is -1.33. The van der Waals surface area contributed by atoms with Crippen molar-refractivity contribution >= 4 is 23.3 Å². The fourth-order valence-corrected chi connectivity index (χ4v) is 3.98. The number of anilines is 1. The Morgan fingerprint density at radius 2 is 1.80 bits per heavy atom. The van der Waals surface area contributed by atoms with Gasteiger partial charge in [-0.15, -0.1) is 0 Å². The summed E-state index contributed by atoms with van der Waals surface area (Å²) in [6, 6.07) is 15.2. The molecule has 182 valence electrons. The molecule has 4 rings (SSSR count). The average Bonchev–Trinajstić information content (AvgIpc) is 3.20. The Hall–Kier alpha value is -3.94. The normalized spacial score (nSPS) is 11.0. The number of para-hydroxylation sites is 1. The van der Waals surface area contributed by atoms with E-state index in [4.69, 9.17) is 19.8 Å². The number of ether oxygens (including phenoxy) is 1. The van der Waals surface area contributed by atoms with E-state index in [1.807, 2.05) is 36.4 Å². The van der Waals surface area contributed by atoms with Crippen molar-refractivity contribution in [2.75, 3.05) is 11.9 Å². The maximum absolute atomic E-state index is 11.0. The van der Waals surface area contributed by atoms with Crippen LogP contribution in [0.15, 0.2) is 54.7 Å². The van der Waals surface area contributed by atoms with Crippen molar-refractivity contribution in [1.82, 2.24) is 19.5 Å². The molecule has 35 heavy (non-hydrogen) atoms. The van der Waals surface area contributed by atoms with Gasteiger partial charge < -0.3 is 19.7 Å². The van der Waals surface area contributed by atoms with Gasteiger partial charge in [0.1, 0.15) is 17.1 Å².